The van der Waals surface area contributed by atoms with Crippen LogP contribution in [0.4, 0.5) is 5.69 Å². The minimum atomic E-state index is -0.842. The molecule has 0 aromatic heterocycles. The SMILES string of the molecule is CC(C)CC(=O)C(NC(=O)CCC1CCCC1)Nc1ccc(OCCCC(=O)O)cc1. The fraction of sp³-hybridized carbons (Fsp3) is 0.625. The predicted octanol–water partition coefficient (Wildman–Crippen LogP) is 4.37. The van der Waals surface area contributed by atoms with Crippen molar-refractivity contribution in [1.82, 2.24) is 5.32 Å². The monoisotopic (exact) mass is 432 g/mol. The third kappa shape index (κ3) is 9.85. The number of anilines is 1. The lowest BCUT2D eigenvalue weighted by atomic mass is 10.0. The number of hydrogen-bond acceptors (Lipinski definition) is 5. The van der Waals surface area contributed by atoms with Crippen molar-refractivity contribution < 1.29 is 24.2 Å². The molecular formula is C24H36N2O5. The van der Waals surface area contributed by atoms with Gasteiger partial charge in [-0.05, 0) is 48.9 Å². The van der Waals surface area contributed by atoms with Crippen LogP contribution in [0.25, 0.3) is 0 Å². The molecule has 0 bridgehead atoms. The number of nitrogens with one attached hydrogen (secondary N) is 2. The first-order valence-corrected chi connectivity index (χ1v) is 11.4. The van der Waals surface area contributed by atoms with Crippen molar-refractivity contribution in [3.63, 3.8) is 0 Å². The molecule has 0 spiro atoms. The first kappa shape index (κ1) is 24.7. The lowest BCUT2D eigenvalue weighted by Crippen LogP contribution is -2.46. The topological polar surface area (TPSA) is 105 Å². The number of carboxylic acid groups (broad SMARTS) is 1. The van der Waals surface area contributed by atoms with Crippen LogP contribution < -0.4 is 15.4 Å². The van der Waals surface area contributed by atoms with Crippen molar-refractivity contribution in [1.29, 1.82) is 0 Å². The molecule has 7 heteroatoms. The Balaban J connectivity index is 1.89. The van der Waals surface area contributed by atoms with Crippen LogP contribution in [0, 0.1) is 11.8 Å². The summed E-state index contributed by atoms with van der Waals surface area (Å²) in [4.78, 5) is 35.7. The Morgan fingerprint density at radius 2 is 1.77 bits per heavy atom. The van der Waals surface area contributed by atoms with Crippen LogP contribution in [0.3, 0.4) is 0 Å². The smallest absolute Gasteiger partial charge is 0.303 e. The zero-order valence-electron chi connectivity index (χ0n) is 18.7. The lowest BCUT2D eigenvalue weighted by Gasteiger charge is -2.22. The van der Waals surface area contributed by atoms with E-state index in [-0.39, 0.29) is 24.0 Å². The van der Waals surface area contributed by atoms with E-state index in [1.54, 1.807) is 24.3 Å². The molecule has 1 amide bonds. The highest BCUT2D eigenvalue weighted by Gasteiger charge is 2.22. The second kappa shape index (κ2) is 13.0. The normalized spacial score (nSPS) is 14.9. The van der Waals surface area contributed by atoms with Crippen molar-refractivity contribution in [2.75, 3.05) is 11.9 Å². The Labute approximate surface area is 184 Å². The molecule has 1 unspecified atom stereocenters. The number of benzene rings is 1. The van der Waals surface area contributed by atoms with Gasteiger partial charge in [0, 0.05) is 24.9 Å². The van der Waals surface area contributed by atoms with Crippen LogP contribution in [0.15, 0.2) is 24.3 Å². The van der Waals surface area contributed by atoms with Crippen molar-refractivity contribution >= 4 is 23.3 Å². The summed E-state index contributed by atoms with van der Waals surface area (Å²) < 4.78 is 5.53. The first-order valence-electron chi connectivity index (χ1n) is 11.4. The number of Topliss-reactive ketones (excluding diaryl/α,β-unsaturated/α-hetero) is 1. The highest BCUT2D eigenvalue weighted by molar-refractivity contribution is 5.91. The summed E-state index contributed by atoms with van der Waals surface area (Å²) >= 11 is 0. The van der Waals surface area contributed by atoms with Gasteiger partial charge in [-0.25, -0.2) is 0 Å². The fourth-order valence-electron chi connectivity index (χ4n) is 3.81. The summed E-state index contributed by atoms with van der Waals surface area (Å²) in [6.45, 7) is 4.28. The van der Waals surface area contributed by atoms with Gasteiger partial charge in [0.25, 0.3) is 0 Å². The lowest BCUT2D eigenvalue weighted by molar-refractivity contribution is -0.137. The number of amides is 1. The van der Waals surface area contributed by atoms with E-state index in [0.717, 1.165) is 6.42 Å². The number of ketones is 1. The summed E-state index contributed by atoms with van der Waals surface area (Å²) in [6.07, 6.45) is 6.36. The van der Waals surface area contributed by atoms with Crippen molar-refractivity contribution in [3.8, 4) is 5.75 Å². The van der Waals surface area contributed by atoms with Crippen LogP contribution >= 0.6 is 0 Å². The van der Waals surface area contributed by atoms with Crippen molar-refractivity contribution in [2.24, 2.45) is 11.8 Å². The van der Waals surface area contributed by atoms with Gasteiger partial charge >= 0.3 is 5.97 Å². The van der Waals surface area contributed by atoms with Gasteiger partial charge in [-0.15, -0.1) is 0 Å². The first-order chi connectivity index (χ1) is 14.8. The van der Waals surface area contributed by atoms with E-state index in [9.17, 15) is 14.4 Å². The van der Waals surface area contributed by atoms with Gasteiger partial charge in [0.15, 0.2) is 11.9 Å². The highest BCUT2D eigenvalue weighted by Crippen LogP contribution is 2.28. The Bertz CT molecular complexity index is 711. The molecule has 0 heterocycles. The summed E-state index contributed by atoms with van der Waals surface area (Å²) in [6, 6.07) is 7.09. The second-order valence-electron chi connectivity index (χ2n) is 8.77. The maximum Gasteiger partial charge on any atom is 0.303 e. The van der Waals surface area contributed by atoms with E-state index >= 15 is 0 Å². The quantitative estimate of drug-likeness (QED) is 0.298. The molecule has 31 heavy (non-hydrogen) atoms. The molecule has 1 saturated carbocycles. The maximum absolute atomic E-state index is 12.7. The standard InChI is InChI=1S/C24H36N2O5/c1-17(2)16-21(27)24(26-22(28)14-9-18-6-3-4-7-18)25-19-10-12-20(13-11-19)31-15-5-8-23(29)30/h10-13,17-18,24-25H,3-9,14-16H2,1-2H3,(H,26,28)(H,29,30). The summed E-state index contributed by atoms with van der Waals surface area (Å²) in [5.74, 6) is 0.477. The molecule has 1 atom stereocenters. The summed E-state index contributed by atoms with van der Waals surface area (Å²) in [5, 5.41) is 14.7. The maximum atomic E-state index is 12.7. The van der Waals surface area contributed by atoms with Crippen LogP contribution in [0.5, 0.6) is 5.75 Å². The molecule has 172 valence electrons. The van der Waals surface area contributed by atoms with Crippen LogP contribution in [0.1, 0.15) is 71.6 Å². The van der Waals surface area contributed by atoms with E-state index in [1.165, 1.54) is 25.7 Å². The van der Waals surface area contributed by atoms with Gasteiger partial charge in [0.2, 0.25) is 5.91 Å². The highest BCUT2D eigenvalue weighted by atomic mass is 16.5. The molecule has 0 radical (unpaired) electrons. The number of rotatable bonds is 14. The number of carbonyl (C=O) groups excluding carboxylic acids is 2. The van der Waals surface area contributed by atoms with E-state index in [1.807, 2.05) is 13.8 Å². The Morgan fingerprint density at radius 3 is 2.39 bits per heavy atom. The second-order valence-corrected chi connectivity index (χ2v) is 8.77. The zero-order valence-corrected chi connectivity index (χ0v) is 18.7. The fourth-order valence-corrected chi connectivity index (χ4v) is 3.81. The van der Waals surface area contributed by atoms with E-state index in [4.69, 9.17) is 9.84 Å². The molecule has 1 aromatic carbocycles. The van der Waals surface area contributed by atoms with Gasteiger partial charge in [-0.3, -0.25) is 14.4 Å². The van der Waals surface area contributed by atoms with Crippen LogP contribution in [-0.4, -0.2) is 35.5 Å². The summed E-state index contributed by atoms with van der Waals surface area (Å²) in [5.41, 5.74) is 0.705. The molecule has 1 aliphatic rings. The minimum Gasteiger partial charge on any atom is -0.494 e. The van der Waals surface area contributed by atoms with Gasteiger partial charge < -0.3 is 20.5 Å². The Morgan fingerprint density at radius 1 is 1.10 bits per heavy atom. The zero-order chi connectivity index (χ0) is 22.6. The molecule has 1 aliphatic carbocycles. The molecule has 0 saturated heterocycles. The molecule has 7 nitrogen and oxygen atoms in total. The van der Waals surface area contributed by atoms with Gasteiger partial charge in [0.1, 0.15) is 5.75 Å². The third-order valence-corrected chi connectivity index (χ3v) is 5.46. The van der Waals surface area contributed by atoms with Crippen LogP contribution in [-0.2, 0) is 14.4 Å². The average molecular weight is 433 g/mol. The van der Waals surface area contributed by atoms with E-state index < -0.39 is 12.1 Å². The molecular weight excluding hydrogens is 396 g/mol. The number of ether oxygens (including phenoxy) is 1. The number of aliphatic carboxylic acids is 1. The number of hydrogen-bond donors (Lipinski definition) is 3. The molecule has 3 N–H and O–H groups in total. The van der Waals surface area contributed by atoms with Crippen molar-refractivity contribution in [2.45, 2.75) is 77.8 Å². The Kier molecular flexibility index (Phi) is 10.3. The molecule has 1 aromatic rings. The number of carboxylic acids is 1. The van der Waals surface area contributed by atoms with Crippen LogP contribution in [0.2, 0.25) is 0 Å². The Hall–Kier alpha value is -2.57. The van der Waals surface area contributed by atoms with Gasteiger partial charge in [-0.2, -0.15) is 0 Å². The van der Waals surface area contributed by atoms with Gasteiger partial charge in [-0.1, -0.05) is 39.5 Å². The summed E-state index contributed by atoms with van der Waals surface area (Å²) in [7, 11) is 0. The largest absolute Gasteiger partial charge is 0.494 e. The molecule has 0 aliphatic heterocycles. The van der Waals surface area contributed by atoms with Crippen molar-refractivity contribution in [3.05, 3.63) is 24.3 Å². The average Bonchev–Trinajstić information content (AvgIpc) is 3.23. The van der Waals surface area contributed by atoms with E-state index in [0.29, 0.717) is 43.2 Å². The molecule has 2 rings (SSSR count). The third-order valence-electron chi connectivity index (χ3n) is 5.46. The predicted molar refractivity (Wildman–Crippen MR) is 120 cm³/mol. The minimum absolute atomic E-state index is 0.0433. The van der Waals surface area contributed by atoms with Gasteiger partial charge in [0.05, 0.1) is 6.61 Å². The van der Waals surface area contributed by atoms with E-state index in [2.05, 4.69) is 10.6 Å². The number of carbonyl (C=O) groups is 3. The molecule has 1 fully saturated rings.